The minimum atomic E-state index is 0.880. The highest BCUT2D eigenvalue weighted by molar-refractivity contribution is 7.99. The molecular weight excluding hydrogens is 326 g/mol. The van der Waals surface area contributed by atoms with Crippen LogP contribution in [0.5, 0.6) is 0 Å². The molecule has 0 atom stereocenters. The molecule has 4 rings (SSSR count). The number of hydrogen-bond acceptors (Lipinski definition) is 2. The summed E-state index contributed by atoms with van der Waals surface area (Å²) >= 11 is 1.89. The Kier molecular flexibility index (Phi) is 5.07. The molecule has 128 valence electrons. The molecule has 25 heavy (non-hydrogen) atoms. The molecule has 0 saturated carbocycles. The van der Waals surface area contributed by atoms with E-state index >= 15 is 0 Å². The minimum Gasteiger partial charge on any atom is -0.360 e. The van der Waals surface area contributed by atoms with Gasteiger partial charge >= 0.3 is 0 Å². The fraction of sp³-hybridized carbons (Fsp3) is 0.286. The van der Waals surface area contributed by atoms with E-state index in [9.17, 15) is 0 Å². The lowest BCUT2D eigenvalue weighted by atomic mass is 10.2. The van der Waals surface area contributed by atoms with Gasteiger partial charge in [-0.1, -0.05) is 48.5 Å². The maximum absolute atomic E-state index is 4.89. The Morgan fingerprint density at radius 2 is 1.88 bits per heavy atom. The van der Waals surface area contributed by atoms with Crippen molar-refractivity contribution in [2.75, 3.05) is 18.8 Å². The van der Waals surface area contributed by atoms with Crippen molar-refractivity contribution < 1.29 is 0 Å². The molecule has 3 aromatic rings. The van der Waals surface area contributed by atoms with Crippen LogP contribution in [0.15, 0.2) is 70.7 Å². The molecule has 0 unspecified atom stereocenters. The summed E-state index contributed by atoms with van der Waals surface area (Å²) in [5.74, 6) is 2.30. The van der Waals surface area contributed by atoms with Gasteiger partial charge in [0.25, 0.3) is 0 Å². The fourth-order valence-electron chi connectivity index (χ4n) is 3.36. The second kappa shape index (κ2) is 7.79. The van der Waals surface area contributed by atoms with E-state index in [0.717, 1.165) is 31.8 Å². The van der Waals surface area contributed by atoms with E-state index in [-0.39, 0.29) is 0 Å². The van der Waals surface area contributed by atoms with Crippen LogP contribution in [0.4, 0.5) is 0 Å². The summed E-state index contributed by atoms with van der Waals surface area (Å²) in [7, 11) is 0. The molecule has 3 nitrogen and oxygen atoms in total. The van der Waals surface area contributed by atoms with E-state index in [1.165, 1.54) is 33.6 Å². The average Bonchev–Trinajstić information content (AvgIpc) is 3.27. The summed E-state index contributed by atoms with van der Waals surface area (Å²) < 4.78 is 0. The highest BCUT2D eigenvalue weighted by Crippen LogP contribution is 2.27. The van der Waals surface area contributed by atoms with Crippen molar-refractivity contribution in [3.63, 3.8) is 0 Å². The van der Waals surface area contributed by atoms with Gasteiger partial charge in [-0.2, -0.15) is 0 Å². The van der Waals surface area contributed by atoms with Gasteiger partial charge in [0.2, 0.25) is 0 Å². The summed E-state index contributed by atoms with van der Waals surface area (Å²) in [6, 6.07) is 19.2. The van der Waals surface area contributed by atoms with Gasteiger partial charge in [0.15, 0.2) is 0 Å². The summed E-state index contributed by atoms with van der Waals surface area (Å²) in [5.41, 5.74) is 2.58. The number of thioether (sulfide) groups is 1. The minimum absolute atomic E-state index is 0.880. The van der Waals surface area contributed by atoms with Crippen LogP contribution in [0.2, 0.25) is 0 Å². The molecule has 0 bridgehead atoms. The van der Waals surface area contributed by atoms with Gasteiger partial charge in [-0.3, -0.25) is 4.99 Å². The second-order valence-corrected chi connectivity index (χ2v) is 7.49. The Bertz CT molecular complexity index is 854. The summed E-state index contributed by atoms with van der Waals surface area (Å²) in [6.45, 7) is 2.99. The van der Waals surface area contributed by atoms with Crippen LogP contribution >= 0.6 is 11.8 Å². The third-order valence-corrected chi connectivity index (χ3v) is 5.64. The first-order chi connectivity index (χ1) is 12.4. The van der Waals surface area contributed by atoms with E-state index in [1.54, 1.807) is 0 Å². The smallest absolute Gasteiger partial charge is 0.0992 e. The SMILES string of the molecule is c1ccc(CN2CCC/C2=N\CCSc2c[nH]c3ccccc23)cc1. The predicted octanol–water partition coefficient (Wildman–Crippen LogP) is 4.95. The highest BCUT2D eigenvalue weighted by atomic mass is 32.2. The number of hydrogen-bond donors (Lipinski definition) is 1. The molecule has 2 aromatic carbocycles. The van der Waals surface area contributed by atoms with Crippen molar-refractivity contribution in [3.8, 4) is 0 Å². The number of benzene rings is 2. The molecule has 1 N–H and O–H groups in total. The Morgan fingerprint density at radius 3 is 2.80 bits per heavy atom. The van der Waals surface area contributed by atoms with Crippen LogP contribution < -0.4 is 0 Å². The first kappa shape index (κ1) is 16.3. The van der Waals surface area contributed by atoms with E-state index in [0.29, 0.717) is 0 Å². The van der Waals surface area contributed by atoms with Crippen LogP contribution in [0.3, 0.4) is 0 Å². The topological polar surface area (TPSA) is 31.4 Å². The standard InChI is InChI=1S/C21H23N3S/c1-2-7-17(8-3-1)16-24-13-6-11-21(24)22-12-14-25-20-15-23-19-10-5-4-9-18(19)20/h1-5,7-10,15,23H,6,11-14,16H2/b22-21+. The molecule has 1 fully saturated rings. The Balaban J connectivity index is 1.33. The molecule has 1 saturated heterocycles. The molecule has 1 aliphatic rings. The number of likely N-dealkylation sites (tertiary alicyclic amines) is 1. The first-order valence-electron chi connectivity index (χ1n) is 8.91. The fourth-order valence-corrected chi connectivity index (χ4v) is 4.24. The molecule has 1 aliphatic heterocycles. The van der Waals surface area contributed by atoms with Crippen molar-refractivity contribution in [1.29, 1.82) is 0 Å². The average molecular weight is 350 g/mol. The summed E-state index contributed by atoms with van der Waals surface area (Å²) in [5, 5.41) is 1.31. The Hall–Kier alpha value is -2.20. The molecule has 0 aliphatic carbocycles. The van der Waals surface area contributed by atoms with Crippen molar-refractivity contribution in [2.24, 2.45) is 4.99 Å². The number of para-hydroxylation sites is 1. The molecule has 0 spiro atoms. The Labute approximate surface area is 153 Å². The number of nitrogens with one attached hydrogen (secondary N) is 1. The van der Waals surface area contributed by atoms with Crippen LogP contribution in [0.25, 0.3) is 10.9 Å². The molecule has 4 heteroatoms. The van der Waals surface area contributed by atoms with Gasteiger partial charge in [0.05, 0.1) is 12.4 Å². The molecule has 2 heterocycles. The van der Waals surface area contributed by atoms with Crippen molar-refractivity contribution in [3.05, 3.63) is 66.4 Å². The zero-order valence-corrected chi connectivity index (χ0v) is 15.1. The molecule has 0 radical (unpaired) electrons. The number of aliphatic imine (C=N–C) groups is 1. The number of amidine groups is 1. The highest BCUT2D eigenvalue weighted by Gasteiger charge is 2.18. The summed E-state index contributed by atoms with van der Waals surface area (Å²) in [4.78, 5) is 12.0. The van der Waals surface area contributed by atoms with Gasteiger partial charge < -0.3 is 9.88 Å². The number of nitrogens with zero attached hydrogens (tertiary/aromatic N) is 2. The number of aromatic amines is 1. The van der Waals surface area contributed by atoms with Crippen LogP contribution in [-0.2, 0) is 6.54 Å². The van der Waals surface area contributed by atoms with Crippen LogP contribution in [0, 0.1) is 0 Å². The predicted molar refractivity (Wildman–Crippen MR) is 107 cm³/mol. The molecular formula is C21H23N3S. The van der Waals surface area contributed by atoms with Gasteiger partial charge in [-0.15, -0.1) is 11.8 Å². The third kappa shape index (κ3) is 3.90. The maximum Gasteiger partial charge on any atom is 0.0992 e. The van der Waals surface area contributed by atoms with Gasteiger partial charge in [0.1, 0.15) is 0 Å². The zero-order valence-electron chi connectivity index (χ0n) is 14.3. The third-order valence-electron chi connectivity index (χ3n) is 4.60. The quantitative estimate of drug-likeness (QED) is 0.504. The number of rotatable bonds is 6. The number of fused-ring (bicyclic) bond motifs is 1. The second-order valence-electron chi connectivity index (χ2n) is 6.36. The van der Waals surface area contributed by atoms with Gasteiger partial charge in [-0.05, 0) is 18.1 Å². The number of aromatic nitrogens is 1. The van der Waals surface area contributed by atoms with Gasteiger partial charge in [0, 0.05) is 47.3 Å². The Morgan fingerprint density at radius 1 is 1.04 bits per heavy atom. The molecule has 0 amide bonds. The van der Waals surface area contributed by atoms with E-state index in [2.05, 4.69) is 70.7 Å². The summed E-state index contributed by atoms with van der Waals surface area (Å²) in [6.07, 6.45) is 4.45. The number of H-pyrrole nitrogens is 1. The van der Waals surface area contributed by atoms with Crippen molar-refractivity contribution >= 4 is 28.5 Å². The van der Waals surface area contributed by atoms with Crippen LogP contribution in [-0.4, -0.2) is 34.6 Å². The van der Waals surface area contributed by atoms with E-state index in [1.807, 2.05) is 11.8 Å². The van der Waals surface area contributed by atoms with E-state index < -0.39 is 0 Å². The largest absolute Gasteiger partial charge is 0.360 e. The zero-order chi connectivity index (χ0) is 16.9. The lowest BCUT2D eigenvalue weighted by molar-refractivity contribution is 0.447. The molecule has 1 aromatic heterocycles. The van der Waals surface area contributed by atoms with Crippen molar-refractivity contribution in [1.82, 2.24) is 9.88 Å². The lowest BCUT2D eigenvalue weighted by Gasteiger charge is -2.19. The maximum atomic E-state index is 4.89. The van der Waals surface area contributed by atoms with Crippen LogP contribution in [0.1, 0.15) is 18.4 Å². The lowest BCUT2D eigenvalue weighted by Crippen LogP contribution is -2.24. The van der Waals surface area contributed by atoms with E-state index in [4.69, 9.17) is 4.99 Å². The first-order valence-corrected chi connectivity index (χ1v) is 9.90. The monoisotopic (exact) mass is 349 g/mol. The normalized spacial score (nSPS) is 16.2. The van der Waals surface area contributed by atoms with Gasteiger partial charge in [-0.25, -0.2) is 0 Å². The van der Waals surface area contributed by atoms with Crippen molar-refractivity contribution in [2.45, 2.75) is 24.3 Å².